The zero-order valence-electron chi connectivity index (χ0n) is 13.4. The van der Waals surface area contributed by atoms with Gasteiger partial charge in [-0.1, -0.05) is 35.5 Å². The summed E-state index contributed by atoms with van der Waals surface area (Å²) in [5, 5.41) is 4.03. The van der Waals surface area contributed by atoms with Crippen molar-refractivity contribution in [1.82, 2.24) is 15.0 Å². The van der Waals surface area contributed by atoms with Crippen molar-refractivity contribution < 1.29 is 13.7 Å². The number of likely N-dealkylation sites (tertiary alicyclic amines) is 1. The van der Waals surface area contributed by atoms with E-state index in [1.54, 1.807) is 12.1 Å². The molecule has 1 atom stereocenters. The molecule has 1 unspecified atom stereocenters. The van der Waals surface area contributed by atoms with Crippen LogP contribution in [0.1, 0.15) is 23.7 Å². The van der Waals surface area contributed by atoms with E-state index in [2.05, 4.69) is 38.2 Å². The van der Waals surface area contributed by atoms with E-state index in [4.69, 9.17) is 8.94 Å². The molecule has 1 saturated heterocycles. The van der Waals surface area contributed by atoms with Gasteiger partial charge in [-0.3, -0.25) is 4.79 Å². The first kappa shape index (κ1) is 16.1. The van der Waals surface area contributed by atoms with Crippen LogP contribution in [-0.4, -0.2) is 34.0 Å². The Hall–Kier alpha value is -2.41. The number of amides is 1. The second kappa shape index (κ2) is 6.84. The lowest BCUT2D eigenvalue weighted by Gasteiger charge is -2.15. The Morgan fingerprint density at radius 1 is 1.20 bits per heavy atom. The maximum Gasteiger partial charge on any atom is 0.293 e. The Kier molecular flexibility index (Phi) is 4.40. The van der Waals surface area contributed by atoms with Gasteiger partial charge in [-0.15, -0.1) is 0 Å². The molecule has 3 heterocycles. The van der Waals surface area contributed by atoms with Crippen LogP contribution in [0, 0.1) is 0 Å². The summed E-state index contributed by atoms with van der Waals surface area (Å²) < 4.78 is 11.3. The van der Waals surface area contributed by atoms with Gasteiger partial charge in [-0.25, -0.2) is 0 Å². The Labute approximate surface area is 152 Å². The average molecular weight is 402 g/mol. The minimum Gasteiger partial charge on any atom is -0.444 e. The summed E-state index contributed by atoms with van der Waals surface area (Å²) in [4.78, 5) is 18.5. The van der Waals surface area contributed by atoms with Gasteiger partial charge in [0.15, 0.2) is 16.3 Å². The van der Waals surface area contributed by atoms with E-state index in [9.17, 15) is 4.79 Å². The second-order valence-electron chi connectivity index (χ2n) is 6.04. The van der Waals surface area contributed by atoms with Crippen LogP contribution in [0.15, 0.2) is 56.1 Å². The predicted molar refractivity (Wildman–Crippen MR) is 93.8 cm³/mol. The molecule has 7 heteroatoms. The van der Waals surface area contributed by atoms with E-state index in [1.165, 1.54) is 5.56 Å². The molecule has 3 aromatic rings. The van der Waals surface area contributed by atoms with Gasteiger partial charge < -0.3 is 13.8 Å². The fourth-order valence-electron chi connectivity index (χ4n) is 3.00. The average Bonchev–Trinajstić information content (AvgIpc) is 3.33. The minimum absolute atomic E-state index is 0.0424. The van der Waals surface area contributed by atoms with Gasteiger partial charge in [0.05, 0.1) is 0 Å². The maximum atomic E-state index is 12.3. The third kappa shape index (κ3) is 3.51. The van der Waals surface area contributed by atoms with Gasteiger partial charge >= 0.3 is 0 Å². The van der Waals surface area contributed by atoms with Crippen molar-refractivity contribution in [2.75, 3.05) is 13.1 Å². The summed E-state index contributed by atoms with van der Waals surface area (Å²) >= 11 is 3.25. The Morgan fingerprint density at radius 2 is 2.04 bits per heavy atom. The molecule has 6 nitrogen and oxygen atoms in total. The van der Waals surface area contributed by atoms with Gasteiger partial charge in [0, 0.05) is 25.4 Å². The largest absolute Gasteiger partial charge is 0.444 e. The van der Waals surface area contributed by atoms with Crippen LogP contribution < -0.4 is 0 Å². The van der Waals surface area contributed by atoms with E-state index in [0.29, 0.717) is 41.7 Å². The number of hydrogen-bond acceptors (Lipinski definition) is 5. The predicted octanol–water partition coefficient (Wildman–Crippen LogP) is 3.65. The van der Waals surface area contributed by atoms with Gasteiger partial charge in [0.25, 0.3) is 5.89 Å². The third-order valence-electron chi connectivity index (χ3n) is 4.32. The van der Waals surface area contributed by atoms with Crippen molar-refractivity contribution in [3.63, 3.8) is 0 Å². The first-order valence-corrected chi connectivity index (χ1v) is 8.89. The van der Waals surface area contributed by atoms with Gasteiger partial charge in [-0.05, 0) is 40.0 Å². The molecule has 4 rings (SSSR count). The quantitative estimate of drug-likeness (QED) is 0.652. The lowest BCUT2D eigenvalue weighted by molar-refractivity contribution is -0.127. The topological polar surface area (TPSA) is 72.4 Å². The zero-order valence-corrected chi connectivity index (χ0v) is 15.0. The summed E-state index contributed by atoms with van der Waals surface area (Å²) in [6, 6.07) is 13.7. The molecule has 1 aliphatic heterocycles. The van der Waals surface area contributed by atoms with Crippen LogP contribution in [-0.2, 0) is 11.2 Å². The second-order valence-corrected chi connectivity index (χ2v) is 6.82. The monoisotopic (exact) mass is 401 g/mol. The van der Waals surface area contributed by atoms with Crippen molar-refractivity contribution >= 4 is 21.8 Å². The molecule has 1 amide bonds. The van der Waals surface area contributed by atoms with Gasteiger partial charge in [0.1, 0.15) is 0 Å². The van der Waals surface area contributed by atoms with Crippen molar-refractivity contribution in [2.24, 2.45) is 0 Å². The number of nitrogens with zero attached hydrogens (tertiary/aromatic N) is 3. The number of aromatic nitrogens is 2. The van der Waals surface area contributed by atoms with E-state index >= 15 is 0 Å². The summed E-state index contributed by atoms with van der Waals surface area (Å²) in [5.41, 5.74) is 1.23. The highest BCUT2D eigenvalue weighted by Gasteiger charge is 2.33. The summed E-state index contributed by atoms with van der Waals surface area (Å²) in [5.74, 6) is 1.48. The molecule has 0 spiro atoms. The molecule has 0 saturated carbocycles. The first-order chi connectivity index (χ1) is 12.2. The number of carbonyl (C=O) groups is 1. The highest BCUT2D eigenvalue weighted by molar-refractivity contribution is 9.10. The van der Waals surface area contributed by atoms with Gasteiger partial charge in [0.2, 0.25) is 5.91 Å². The van der Waals surface area contributed by atoms with E-state index in [-0.39, 0.29) is 11.8 Å². The lowest BCUT2D eigenvalue weighted by Crippen LogP contribution is -2.27. The lowest BCUT2D eigenvalue weighted by atomic mass is 10.1. The number of carbonyl (C=O) groups excluding carboxylic acids is 1. The molecule has 0 N–H and O–H groups in total. The van der Waals surface area contributed by atoms with E-state index in [1.807, 2.05) is 23.1 Å². The smallest absolute Gasteiger partial charge is 0.293 e. The summed E-state index contributed by atoms with van der Waals surface area (Å²) in [7, 11) is 0. The Bertz CT molecular complexity index is 875. The standard InChI is InChI=1S/C18H16BrN3O3/c19-15-7-6-14(24-15)18-20-17(21-25-18)13-10-16(23)22(11-13)9-8-12-4-2-1-3-5-12/h1-7,13H,8-11H2. The highest BCUT2D eigenvalue weighted by Crippen LogP contribution is 2.29. The number of hydrogen-bond donors (Lipinski definition) is 0. The van der Waals surface area contributed by atoms with Crippen molar-refractivity contribution in [3.05, 3.63) is 58.5 Å². The van der Waals surface area contributed by atoms with Gasteiger partial charge in [-0.2, -0.15) is 4.98 Å². The molecule has 1 aromatic carbocycles. The van der Waals surface area contributed by atoms with E-state index in [0.717, 1.165) is 6.42 Å². The molecule has 1 aliphatic rings. The minimum atomic E-state index is -0.0424. The normalized spacial score (nSPS) is 17.4. The molecule has 25 heavy (non-hydrogen) atoms. The molecule has 128 valence electrons. The first-order valence-electron chi connectivity index (χ1n) is 8.10. The van der Waals surface area contributed by atoms with Crippen LogP contribution in [0.25, 0.3) is 11.7 Å². The zero-order chi connectivity index (χ0) is 17.2. The number of halogens is 1. The summed E-state index contributed by atoms with van der Waals surface area (Å²) in [6.45, 7) is 1.32. The van der Waals surface area contributed by atoms with Crippen LogP contribution in [0.3, 0.4) is 0 Å². The molecule has 0 aliphatic carbocycles. The molecule has 1 fully saturated rings. The van der Waals surface area contributed by atoms with Crippen LogP contribution >= 0.6 is 15.9 Å². The molecule has 0 bridgehead atoms. The molecular weight excluding hydrogens is 386 g/mol. The molecule has 2 aromatic heterocycles. The van der Waals surface area contributed by atoms with Crippen molar-refractivity contribution in [1.29, 1.82) is 0 Å². The molecular formula is C18H16BrN3O3. The fraction of sp³-hybridized carbons (Fsp3) is 0.278. The number of benzene rings is 1. The van der Waals surface area contributed by atoms with Crippen LogP contribution in [0.4, 0.5) is 0 Å². The maximum absolute atomic E-state index is 12.3. The van der Waals surface area contributed by atoms with Crippen molar-refractivity contribution in [3.8, 4) is 11.7 Å². The SMILES string of the molecule is O=C1CC(c2noc(-c3ccc(Br)o3)n2)CN1CCc1ccccc1. The van der Waals surface area contributed by atoms with Crippen LogP contribution in [0.2, 0.25) is 0 Å². The third-order valence-corrected chi connectivity index (χ3v) is 4.74. The Balaban J connectivity index is 1.41. The fourth-order valence-corrected chi connectivity index (χ4v) is 3.31. The van der Waals surface area contributed by atoms with Crippen LogP contribution in [0.5, 0.6) is 0 Å². The molecule has 0 radical (unpaired) electrons. The van der Waals surface area contributed by atoms with E-state index < -0.39 is 0 Å². The Morgan fingerprint density at radius 3 is 2.80 bits per heavy atom. The summed E-state index contributed by atoms with van der Waals surface area (Å²) in [6.07, 6.45) is 1.26. The van der Waals surface area contributed by atoms with Crippen molar-refractivity contribution in [2.45, 2.75) is 18.8 Å². The number of furan rings is 1. The highest BCUT2D eigenvalue weighted by atomic mass is 79.9. The number of rotatable bonds is 5.